The number of nitrogens with two attached hydrogens (primary N) is 1. The van der Waals surface area contributed by atoms with Crippen LogP contribution in [0.1, 0.15) is 52.0 Å². The van der Waals surface area contributed by atoms with Gasteiger partial charge in [0.2, 0.25) is 5.91 Å². The van der Waals surface area contributed by atoms with E-state index in [1.54, 1.807) is 0 Å². The Kier molecular flexibility index (Phi) is 4.72. The molecule has 0 aromatic heterocycles. The average Bonchev–Trinajstić information content (AvgIpc) is 2.48. The summed E-state index contributed by atoms with van der Waals surface area (Å²) in [7, 11) is 0. The molecule has 0 radical (unpaired) electrons. The van der Waals surface area contributed by atoms with Crippen molar-refractivity contribution in [2.75, 3.05) is 0 Å². The summed E-state index contributed by atoms with van der Waals surface area (Å²) in [6.45, 7) is 8.55. The van der Waals surface area contributed by atoms with Crippen LogP contribution in [0.2, 0.25) is 0 Å². The lowest BCUT2D eigenvalue weighted by Gasteiger charge is -2.51. The molecule has 1 saturated carbocycles. The maximum Gasteiger partial charge on any atom is 0.228 e. The second-order valence-corrected chi connectivity index (χ2v) is 7.00. The van der Waals surface area contributed by atoms with E-state index in [9.17, 15) is 4.79 Å². The Labute approximate surface area is 128 Å². The molecule has 1 fully saturated rings. The van der Waals surface area contributed by atoms with Crippen molar-refractivity contribution in [3.8, 4) is 0 Å². The summed E-state index contributed by atoms with van der Waals surface area (Å²) in [5.74, 6) is 0.383. The van der Waals surface area contributed by atoms with E-state index >= 15 is 0 Å². The largest absolute Gasteiger partial charge is 0.352 e. The van der Waals surface area contributed by atoms with E-state index in [1.807, 2.05) is 30.3 Å². The van der Waals surface area contributed by atoms with Gasteiger partial charge >= 0.3 is 0 Å². The lowest BCUT2D eigenvalue weighted by atomic mass is 9.63. The fourth-order valence-electron chi connectivity index (χ4n) is 3.10. The van der Waals surface area contributed by atoms with Crippen molar-refractivity contribution < 1.29 is 4.79 Å². The molecule has 1 aromatic rings. The molecule has 21 heavy (non-hydrogen) atoms. The van der Waals surface area contributed by atoms with Crippen LogP contribution in [0.4, 0.5) is 0 Å². The molecule has 116 valence electrons. The highest BCUT2D eigenvalue weighted by Gasteiger charge is 2.47. The summed E-state index contributed by atoms with van der Waals surface area (Å²) in [6, 6.07) is 10.5. The predicted molar refractivity (Wildman–Crippen MR) is 86.9 cm³/mol. The Hall–Kier alpha value is -1.35. The van der Waals surface area contributed by atoms with Gasteiger partial charge in [-0.2, -0.15) is 0 Å². The SMILES string of the molecule is CCC(C)C(C(=O)NC1CC(N)C1(C)C)c1ccccc1. The lowest BCUT2D eigenvalue weighted by Crippen LogP contribution is -2.65. The van der Waals surface area contributed by atoms with Crippen LogP contribution in [0.25, 0.3) is 0 Å². The zero-order valence-electron chi connectivity index (χ0n) is 13.6. The maximum atomic E-state index is 12.8. The van der Waals surface area contributed by atoms with Crippen LogP contribution in [-0.4, -0.2) is 18.0 Å². The number of carbonyl (C=O) groups excluding carboxylic acids is 1. The highest BCUT2D eigenvalue weighted by molar-refractivity contribution is 5.84. The monoisotopic (exact) mass is 288 g/mol. The smallest absolute Gasteiger partial charge is 0.228 e. The van der Waals surface area contributed by atoms with E-state index in [-0.39, 0.29) is 29.3 Å². The highest BCUT2D eigenvalue weighted by Crippen LogP contribution is 2.39. The maximum absolute atomic E-state index is 12.8. The summed E-state index contributed by atoms with van der Waals surface area (Å²) in [5, 5.41) is 3.23. The van der Waals surface area contributed by atoms with Gasteiger partial charge in [0, 0.05) is 17.5 Å². The van der Waals surface area contributed by atoms with E-state index < -0.39 is 0 Å². The van der Waals surface area contributed by atoms with Crippen molar-refractivity contribution in [1.29, 1.82) is 0 Å². The first-order valence-corrected chi connectivity index (χ1v) is 7.98. The number of carbonyl (C=O) groups is 1. The van der Waals surface area contributed by atoms with Crippen LogP contribution in [0.15, 0.2) is 30.3 Å². The Balaban J connectivity index is 2.13. The summed E-state index contributed by atoms with van der Waals surface area (Å²) < 4.78 is 0. The summed E-state index contributed by atoms with van der Waals surface area (Å²) in [4.78, 5) is 12.8. The third kappa shape index (κ3) is 3.13. The van der Waals surface area contributed by atoms with Gasteiger partial charge in [-0.25, -0.2) is 0 Å². The van der Waals surface area contributed by atoms with Crippen molar-refractivity contribution in [3.05, 3.63) is 35.9 Å². The molecule has 1 amide bonds. The minimum atomic E-state index is -0.0798. The molecule has 4 atom stereocenters. The number of amides is 1. The van der Waals surface area contributed by atoms with Crippen LogP contribution >= 0.6 is 0 Å². The Morgan fingerprint density at radius 2 is 2.00 bits per heavy atom. The van der Waals surface area contributed by atoms with E-state index in [0.717, 1.165) is 18.4 Å². The molecular formula is C18H28N2O. The van der Waals surface area contributed by atoms with Gasteiger partial charge in [-0.05, 0) is 17.9 Å². The van der Waals surface area contributed by atoms with Crippen molar-refractivity contribution in [3.63, 3.8) is 0 Å². The van der Waals surface area contributed by atoms with Gasteiger partial charge in [-0.15, -0.1) is 0 Å². The van der Waals surface area contributed by atoms with E-state index in [1.165, 1.54) is 0 Å². The van der Waals surface area contributed by atoms with Gasteiger partial charge in [-0.3, -0.25) is 4.79 Å². The van der Waals surface area contributed by atoms with Crippen LogP contribution in [0, 0.1) is 11.3 Å². The number of hydrogen-bond donors (Lipinski definition) is 2. The molecular weight excluding hydrogens is 260 g/mol. The zero-order valence-corrected chi connectivity index (χ0v) is 13.6. The molecule has 3 heteroatoms. The van der Waals surface area contributed by atoms with Gasteiger partial charge in [0.15, 0.2) is 0 Å². The first-order chi connectivity index (χ1) is 9.87. The number of rotatable bonds is 5. The Morgan fingerprint density at radius 3 is 2.48 bits per heavy atom. The van der Waals surface area contributed by atoms with Gasteiger partial charge in [-0.1, -0.05) is 64.4 Å². The zero-order chi connectivity index (χ0) is 15.6. The second kappa shape index (κ2) is 6.18. The van der Waals surface area contributed by atoms with Crippen LogP contribution in [-0.2, 0) is 4.79 Å². The van der Waals surface area contributed by atoms with Crippen molar-refractivity contribution in [2.24, 2.45) is 17.1 Å². The minimum absolute atomic E-state index is 0.00759. The Morgan fingerprint density at radius 1 is 1.38 bits per heavy atom. The summed E-state index contributed by atoms with van der Waals surface area (Å²) in [5.41, 5.74) is 7.14. The molecule has 4 unspecified atom stereocenters. The van der Waals surface area contributed by atoms with E-state index in [0.29, 0.717) is 5.92 Å². The van der Waals surface area contributed by atoms with Crippen LogP contribution in [0.3, 0.4) is 0 Å². The number of benzene rings is 1. The molecule has 3 nitrogen and oxygen atoms in total. The molecule has 0 bridgehead atoms. The highest BCUT2D eigenvalue weighted by atomic mass is 16.2. The first kappa shape index (κ1) is 16.0. The molecule has 0 saturated heterocycles. The van der Waals surface area contributed by atoms with Crippen LogP contribution in [0.5, 0.6) is 0 Å². The standard InChI is InChI=1S/C18H28N2O/c1-5-12(2)16(13-9-7-6-8-10-13)17(21)20-15-11-14(19)18(15,3)4/h6-10,12,14-16H,5,11,19H2,1-4H3,(H,20,21). The molecule has 0 heterocycles. The third-order valence-electron chi connectivity index (χ3n) is 5.31. The van der Waals surface area contributed by atoms with Gasteiger partial charge in [0.05, 0.1) is 5.92 Å². The van der Waals surface area contributed by atoms with E-state index in [4.69, 9.17) is 5.73 Å². The minimum Gasteiger partial charge on any atom is -0.352 e. The topological polar surface area (TPSA) is 55.1 Å². The molecule has 1 aliphatic rings. The third-order valence-corrected chi connectivity index (χ3v) is 5.31. The van der Waals surface area contributed by atoms with Crippen molar-refractivity contribution in [1.82, 2.24) is 5.32 Å². The summed E-state index contributed by atoms with van der Waals surface area (Å²) >= 11 is 0. The molecule has 0 aliphatic heterocycles. The quantitative estimate of drug-likeness (QED) is 0.875. The van der Waals surface area contributed by atoms with E-state index in [2.05, 4.69) is 33.0 Å². The molecule has 0 spiro atoms. The molecule has 3 N–H and O–H groups in total. The summed E-state index contributed by atoms with van der Waals surface area (Å²) in [6.07, 6.45) is 1.86. The fourth-order valence-corrected chi connectivity index (χ4v) is 3.10. The van der Waals surface area contributed by atoms with Crippen molar-refractivity contribution >= 4 is 5.91 Å². The van der Waals surface area contributed by atoms with Gasteiger partial charge in [0.1, 0.15) is 0 Å². The first-order valence-electron chi connectivity index (χ1n) is 7.98. The molecule has 1 aliphatic carbocycles. The second-order valence-electron chi connectivity index (χ2n) is 7.00. The van der Waals surface area contributed by atoms with Gasteiger partial charge in [0.25, 0.3) is 0 Å². The number of nitrogens with one attached hydrogen (secondary N) is 1. The normalized spacial score (nSPS) is 26.5. The molecule has 1 aromatic carbocycles. The molecule has 2 rings (SSSR count). The van der Waals surface area contributed by atoms with Crippen molar-refractivity contribution in [2.45, 2.75) is 58.5 Å². The predicted octanol–water partition coefficient (Wildman–Crippen LogP) is 3.06. The number of hydrogen-bond acceptors (Lipinski definition) is 2. The average molecular weight is 288 g/mol. The fraction of sp³-hybridized carbons (Fsp3) is 0.611. The Bertz CT molecular complexity index is 483. The van der Waals surface area contributed by atoms with Gasteiger partial charge < -0.3 is 11.1 Å². The van der Waals surface area contributed by atoms with Crippen LogP contribution < -0.4 is 11.1 Å². The lowest BCUT2D eigenvalue weighted by molar-refractivity contribution is -0.127.